The number of aliphatic hydroxyl groups is 20. The number of carbonyl (C=O) groups is 6. The molecular formula is C104H162N4O34. The number of unbranched alkanes of at least 4 members (excludes halogenated alkanes) is 3. The van der Waals surface area contributed by atoms with E-state index < -0.39 is 318 Å². The normalized spacial score (nSPS) is 42.6. The molecule has 0 radical (unpaired) electrons. The van der Waals surface area contributed by atoms with E-state index in [-0.39, 0.29) is 63.5 Å². The van der Waals surface area contributed by atoms with E-state index in [1.165, 1.54) is 39.8 Å². The summed E-state index contributed by atoms with van der Waals surface area (Å²) in [5.41, 5.74) is 0. The number of allylic oxidation sites excluding steroid dienone is 24. The molecule has 0 aromatic rings. The van der Waals surface area contributed by atoms with E-state index in [0.29, 0.717) is 25.7 Å². The summed E-state index contributed by atoms with van der Waals surface area (Å²) >= 11 is 0. The first-order valence-electron chi connectivity index (χ1n) is 49.7. The van der Waals surface area contributed by atoms with Gasteiger partial charge >= 0.3 is 11.9 Å². The second-order valence-electron chi connectivity index (χ2n) is 38.8. The molecule has 6 aliphatic rings. The number of amides is 4. The van der Waals surface area contributed by atoms with Gasteiger partial charge in [0.15, 0.2) is 24.2 Å². The van der Waals surface area contributed by atoms with Crippen LogP contribution in [0.5, 0.6) is 0 Å². The topological polar surface area (TPSA) is 629 Å². The Balaban J connectivity index is 1.24. The first kappa shape index (κ1) is 123. The van der Waals surface area contributed by atoms with E-state index >= 15 is 0 Å². The zero-order valence-electron chi connectivity index (χ0n) is 83.2. The van der Waals surface area contributed by atoms with Gasteiger partial charge in [0.1, 0.15) is 36.6 Å². The van der Waals surface area contributed by atoms with Crippen molar-refractivity contribution in [3.8, 4) is 0 Å². The van der Waals surface area contributed by atoms with Gasteiger partial charge in [-0.05, 0) is 79.1 Å². The van der Waals surface area contributed by atoms with Crippen molar-refractivity contribution in [2.45, 2.75) is 393 Å². The van der Waals surface area contributed by atoms with Crippen molar-refractivity contribution in [3.05, 3.63) is 170 Å². The van der Waals surface area contributed by atoms with Crippen LogP contribution in [0.25, 0.3) is 0 Å². The number of esters is 2. The van der Waals surface area contributed by atoms with Crippen molar-refractivity contribution in [3.63, 3.8) is 0 Å². The molecule has 6 aliphatic heterocycles. The van der Waals surface area contributed by atoms with Crippen LogP contribution in [0.4, 0.5) is 0 Å². The lowest BCUT2D eigenvalue weighted by atomic mass is 9.82. The largest absolute Gasteiger partial charge is 0.462 e. The van der Waals surface area contributed by atoms with Crippen molar-refractivity contribution in [1.82, 2.24) is 21.3 Å². The lowest BCUT2D eigenvalue weighted by Crippen LogP contribution is -2.64. The molecule has 0 spiro atoms. The number of carbonyl (C=O) groups excluding carboxylic acids is 6. The van der Waals surface area contributed by atoms with Gasteiger partial charge in [-0.15, -0.1) is 0 Å². The van der Waals surface area contributed by atoms with E-state index in [4.69, 9.17) is 37.9 Å². The van der Waals surface area contributed by atoms with Gasteiger partial charge in [0.05, 0.1) is 159 Å². The molecule has 4 fully saturated rings. The van der Waals surface area contributed by atoms with Gasteiger partial charge in [0, 0.05) is 102 Å². The third kappa shape index (κ3) is 43.3. The summed E-state index contributed by atoms with van der Waals surface area (Å²) < 4.78 is 48.7. The van der Waals surface area contributed by atoms with Crippen molar-refractivity contribution in [1.29, 1.82) is 0 Å². The van der Waals surface area contributed by atoms with Crippen molar-refractivity contribution in [2.24, 2.45) is 35.5 Å². The Kier molecular flexibility index (Phi) is 54.5. The molecule has 38 heteroatoms. The zero-order valence-corrected chi connectivity index (χ0v) is 83.2. The molecule has 0 aliphatic carbocycles. The molecule has 0 unspecified atom stereocenters. The first-order valence-corrected chi connectivity index (χ1v) is 49.7. The molecule has 4 saturated heterocycles. The molecule has 38 atom stereocenters. The molecule has 24 N–H and O–H groups in total. The molecule has 6 heterocycles. The quantitative estimate of drug-likeness (QED) is 0.0827. The molecule has 142 heavy (non-hydrogen) atoms. The van der Waals surface area contributed by atoms with Crippen LogP contribution >= 0.6 is 0 Å². The fraction of sp³-hybridized carbons (Fsp3) is 0.673. The molecule has 6 rings (SSSR count). The number of hydrogen-bond acceptors (Lipinski definition) is 34. The van der Waals surface area contributed by atoms with E-state index in [0.717, 1.165) is 0 Å². The summed E-state index contributed by atoms with van der Waals surface area (Å²) in [7, 11) is 0. The average Bonchev–Trinajstić information content (AvgIpc) is 0.777. The Bertz CT molecular complexity index is 3970. The van der Waals surface area contributed by atoms with Crippen LogP contribution in [0.15, 0.2) is 170 Å². The number of ether oxygens (including phenoxy) is 8. The minimum Gasteiger partial charge on any atom is -0.462 e. The highest BCUT2D eigenvalue weighted by Gasteiger charge is 2.54. The SMILES string of the molecule is CC(=O)N[C@@H]1[C@H](O)[C@H](O[C@H]2/C=C/C=C/C=C/C=C/C=C/C=C/C=C/[C@H](C)[C@@H](O)[C@@H](C)[C@H](C)OC(=O)C[C@H](O)C[C@H](O)CC[C@@H](O)[C@H](O)C[C@H](O)C[C@]3(O)C[C@H](O)[C@@H](C(=O)NCCCCCCNC(=O)[C@H]4[C@@H]5C[C@@H](O[C@@H]6O[C@H](C)[C@@H](O)[C@H](NC(C)=O)[C@@H]6O)/C=C/C=C/C=C/C=C/C=C/C=C/C=C/[C@H](C)[C@@H](O)[C@@H](C)[C@H](C)OC(=O)C[C@H](O)C[C@H](O)CC[C@@H](O)[C@H](O)C[C@H](O)C[C@](O)(C[C@@H]4O)O5)[C@H](C2)O3)O[C@H](C)[C@H]1O. The number of hydrogen-bond donors (Lipinski definition) is 24. The van der Waals surface area contributed by atoms with Crippen molar-refractivity contribution in [2.75, 3.05) is 13.1 Å². The number of rotatable bonds is 15. The summed E-state index contributed by atoms with van der Waals surface area (Å²) in [4.78, 5) is 80.3. The van der Waals surface area contributed by atoms with E-state index in [9.17, 15) is 131 Å². The van der Waals surface area contributed by atoms with E-state index in [2.05, 4.69) is 21.3 Å². The highest BCUT2D eigenvalue weighted by Crippen LogP contribution is 2.42. The Morgan fingerprint density at radius 2 is 0.641 bits per heavy atom. The van der Waals surface area contributed by atoms with Gasteiger partial charge in [-0.3, -0.25) is 28.8 Å². The smallest absolute Gasteiger partial charge is 0.308 e. The van der Waals surface area contributed by atoms with Gasteiger partial charge in [-0.25, -0.2) is 0 Å². The monoisotopic (exact) mass is 2010 g/mol. The van der Waals surface area contributed by atoms with Crippen LogP contribution in [0.1, 0.15) is 198 Å². The molecule has 802 valence electrons. The lowest BCUT2D eigenvalue weighted by molar-refractivity contribution is -0.308. The number of nitrogens with one attached hydrogen (secondary N) is 4. The second kappa shape index (κ2) is 63.0. The van der Waals surface area contributed by atoms with Gasteiger partial charge in [0.2, 0.25) is 23.6 Å². The maximum absolute atomic E-state index is 14.8. The van der Waals surface area contributed by atoms with E-state index in [1.54, 1.807) is 200 Å². The minimum atomic E-state index is -2.48. The molecule has 0 aromatic heterocycles. The molecule has 0 aromatic carbocycles. The van der Waals surface area contributed by atoms with Crippen LogP contribution in [0, 0.1) is 35.5 Å². The third-order valence-corrected chi connectivity index (χ3v) is 26.4. The minimum absolute atomic E-state index is 0.0198. The molecule has 0 saturated carbocycles. The highest BCUT2D eigenvalue weighted by molar-refractivity contribution is 5.81. The summed E-state index contributed by atoms with van der Waals surface area (Å²) in [6.07, 6.45) is 2.73. The first-order chi connectivity index (χ1) is 67.2. The molecule has 38 nitrogen and oxygen atoms in total. The van der Waals surface area contributed by atoms with Crippen LogP contribution in [-0.4, -0.2) is 346 Å². The Morgan fingerprint density at radius 1 is 0.338 bits per heavy atom. The lowest BCUT2D eigenvalue weighted by Gasteiger charge is -2.46. The van der Waals surface area contributed by atoms with Gasteiger partial charge in [-0.1, -0.05) is 211 Å². The predicted octanol–water partition coefficient (Wildman–Crippen LogP) is 2.42. The summed E-state index contributed by atoms with van der Waals surface area (Å²) in [5, 5.41) is 239. The molecule has 4 bridgehead atoms. The maximum Gasteiger partial charge on any atom is 0.308 e. The molecule has 4 amide bonds. The third-order valence-electron chi connectivity index (χ3n) is 26.4. The Labute approximate surface area is 833 Å². The number of cyclic esters (lactones) is 2. The van der Waals surface area contributed by atoms with Crippen LogP contribution < -0.4 is 21.3 Å². The zero-order chi connectivity index (χ0) is 105. The predicted molar refractivity (Wildman–Crippen MR) is 522 cm³/mol. The molecular weight excluding hydrogens is 1850 g/mol. The van der Waals surface area contributed by atoms with Crippen LogP contribution in [0.3, 0.4) is 0 Å². The Morgan fingerprint density at radius 3 is 0.951 bits per heavy atom. The summed E-state index contributed by atoms with van der Waals surface area (Å²) in [6, 6.07) is -2.61. The van der Waals surface area contributed by atoms with Gasteiger partial charge < -0.3 is 161 Å². The number of aliphatic hydroxyl groups excluding tert-OH is 18. The highest BCUT2D eigenvalue weighted by atomic mass is 16.7. The van der Waals surface area contributed by atoms with Crippen LogP contribution in [-0.2, 0) is 66.7 Å². The van der Waals surface area contributed by atoms with Gasteiger partial charge in [-0.2, -0.15) is 0 Å². The van der Waals surface area contributed by atoms with Crippen molar-refractivity contribution < 1.29 is 169 Å². The Hall–Kier alpha value is -7.86. The summed E-state index contributed by atoms with van der Waals surface area (Å²) in [6.45, 7) is 15.6. The average molecular weight is 2010 g/mol. The second-order valence-corrected chi connectivity index (χ2v) is 38.8. The standard InChI is InChI=1S/C104H162N4O34/c1-61-39-33-27-23-19-15-11-13-17-21-25-29-35-41-77(139-101-97(129)91(107-69(9)109)95(127)67(7)137-101)55-85-89(83(121)59-103(133,141-85)57-75(115)51-81(119)79(117)45-43-71(111)49-73(113)53-87(123)135-65(5)63(3)93(61)125)99(131)105-47-37-31-32-38-48-106-100(132)90-84(122)60-104(134)58-76(116)52-82(120)80(118)46-44-72(112)50-74(114)54-88(124)136-66(6)64(4)94(126)62(2)40-34-28-24-20-16-12-14-18-22-26-30-36-42-78(56-86(90)142-104)140-102-98(130)92(108-70(10)110)96(128)68(8)138-102/h11-30,33-36,39-42,61-68,71-86,89-98,101-102,111-122,125-130,133-134H,31-32,37-38,43-60H2,1-10H3,(H,105,131)(H,106,132)(H,107,109)(H,108,110)/b13-11+,14-12+,19-15+,20-16+,21-17+,22-18+,27-23+,28-24+,29-25+,30-26+,39-33+,40-34+,41-35+,42-36+/t61-,62-,63-,64-,65-,66-,67+,68+,71+,72+,73+,74+,75-,76-,77-,78-,79+,80+,81+,82+,83-,84-,85-,86-,89+,90+,91-,92-,93+,94+,95+,96+,97-,98-,101-,102-,103+,104+/m0/s1. The number of fused-ring (bicyclic) bond motifs is 4. The fourth-order valence-corrected chi connectivity index (χ4v) is 18.0. The van der Waals surface area contributed by atoms with Gasteiger partial charge in [0.25, 0.3) is 0 Å². The van der Waals surface area contributed by atoms with Crippen molar-refractivity contribution >= 4 is 35.6 Å². The summed E-state index contributed by atoms with van der Waals surface area (Å²) in [5.74, 6) is -14.0. The van der Waals surface area contributed by atoms with Crippen LogP contribution in [0.2, 0.25) is 0 Å². The fourth-order valence-electron chi connectivity index (χ4n) is 18.0. The van der Waals surface area contributed by atoms with E-state index in [1.807, 2.05) is 0 Å². The maximum atomic E-state index is 14.8.